The normalized spacial score (nSPS) is 12.8. The fourth-order valence-electron chi connectivity index (χ4n) is 1.69. The van der Waals surface area contributed by atoms with Gasteiger partial charge >= 0.3 is 6.18 Å². The van der Waals surface area contributed by atoms with Crippen molar-refractivity contribution in [2.75, 3.05) is 6.54 Å². The second kappa shape index (κ2) is 6.55. The lowest BCUT2D eigenvalue weighted by atomic mass is 10.2. The molecule has 0 atom stereocenters. The summed E-state index contributed by atoms with van der Waals surface area (Å²) < 4.78 is 62.0. The van der Waals surface area contributed by atoms with Gasteiger partial charge in [-0.15, -0.1) is 0 Å². The Morgan fingerprint density at radius 2 is 2.00 bits per heavy atom. The maximum absolute atomic E-state index is 12.0. The van der Waals surface area contributed by atoms with E-state index in [-0.39, 0.29) is 36.5 Å². The lowest BCUT2D eigenvalue weighted by molar-refractivity contribution is -0.135. The first-order valence-electron chi connectivity index (χ1n) is 5.97. The van der Waals surface area contributed by atoms with E-state index in [9.17, 15) is 21.6 Å². The molecule has 20 heavy (non-hydrogen) atoms. The zero-order valence-electron chi connectivity index (χ0n) is 10.9. The molecule has 0 saturated heterocycles. The standard InChI is InChI=1S/C10H17F3N4O2S/c1-7-9(8(6-14)17-16-7)20(18,19)15-5-3-2-4-10(11,12)13/h15H,2-6,14H2,1H3,(H,16,17). The second-order valence-electron chi connectivity index (χ2n) is 4.30. The van der Waals surface area contributed by atoms with E-state index < -0.39 is 22.6 Å². The number of aromatic amines is 1. The molecule has 116 valence electrons. The molecule has 0 radical (unpaired) electrons. The highest BCUT2D eigenvalue weighted by Gasteiger charge is 2.26. The van der Waals surface area contributed by atoms with Crippen molar-refractivity contribution in [3.63, 3.8) is 0 Å². The second-order valence-corrected chi connectivity index (χ2v) is 6.00. The van der Waals surface area contributed by atoms with Crippen molar-refractivity contribution in [3.05, 3.63) is 11.4 Å². The quantitative estimate of drug-likeness (QED) is 0.658. The summed E-state index contributed by atoms with van der Waals surface area (Å²) in [5.41, 5.74) is 5.93. The molecule has 10 heteroatoms. The average Bonchev–Trinajstić information content (AvgIpc) is 2.69. The third-order valence-electron chi connectivity index (χ3n) is 2.60. The Bertz CT molecular complexity index is 539. The zero-order chi connectivity index (χ0) is 15.4. The summed E-state index contributed by atoms with van der Waals surface area (Å²) in [6.07, 6.45) is -5.16. The minimum atomic E-state index is -4.22. The first kappa shape index (κ1) is 16.9. The molecule has 0 spiro atoms. The van der Waals surface area contributed by atoms with Crippen molar-refractivity contribution in [2.45, 2.75) is 43.8 Å². The number of nitrogens with zero attached hydrogens (tertiary/aromatic N) is 1. The van der Waals surface area contributed by atoms with Crippen molar-refractivity contribution in [1.82, 2.24) is 14.9 Å². The van der Waals surface area contributed by atoms with E-state index in [1.165, 1.54) is 6.92 Å². The minimum absolute atomic E-state index is 0.0316. The first-order valence-corrected chi connectivity index (χ1v) is 7.46. The Labute approximate surface area is 115 Å². The van der Waals surface area contributed by atoms with Crippen LogP contribution in [0.1, 0.15) is 30.7 Å². The van der Waals surface area contributed by atoms with Gasteiger partial charge in [-0.25, -0.2) is 13.1 Å². The summed E-state index contributed by atoms with van der Waals surface area (Å²) in [7, 11) is -3.81. The van der Waals surface area contributed by atoms with Gasteiger partial charge in [-0.2, -0.15) is 18.3 Å². The number of halogens is 3. The van der Waals surface area contributed by atoms with Crippen LogP contribution in [0.3, 0.4) is 0 Å². The van der Waals surface area contributed by atoms with E-state index in [2.05, 4.69) is 14.9 Å². The number of unbranched alkanes of at least 4 members (excludes halogenated alkanes) is 1. The molecule has 1 aromatic heterocycles. The number of aromatic nitrogens is 2. The molecule has 1 heterocycles. The maximum atomic E-state index is 12.0. The highest BCUT2D eigenvalue weighted by atomic mass is 32.2. The molecule has 0 aliphatic rings. The Morgan fingerprint density at radius 3 is 2.55 bits per heavy atom. The van der Waals surface area contributed by atoms with Crippen LogP contribution in [0, 0.1) is 6.92 Å². The predicted molar refractivity (Wildman–Crippen MR) is 66.3 cm³/mol. The summed E-state index contributed by atoms with van der Waals surface area (Å²) in [4.78, 5) is -0.0316. The van der Waals surface area contributed by atoms with Gasteiger partial charge in [0.25, 0.3) is 0 Å². The SMILES string of the molecule is Cc1[nH]nc(CN)c1S(=O)(=O)NCCCCC(F)(F)F. The molecule has 4 N–H and O–H groups in total. The van der Waals surface area contributed by atoms with Crippen LogP contribution in [0.25, 0.3) is 0 Å². The van der Waals surface area contributed by atoms with Crippen molar-refractivity contribution in [3.8, 4) is 0 Å². The monoisotopic (exact) mass is 314 g/mol. The number of hydrogen-bond acceptors (Lipinski definition) is 4. The van der Waals surface area contributed by atoms with E-state index in [0.29, 0.717) is 5.69 Å². The van der Waals surface area contributed by atoms with Crippen LogP contribution >= 0.6 is 0 Å². The van der Waals surface area contributed by atoms with Gasteiger partial charge in [0.05, 0.1) is 11.4 Å². The number of alkyl halides is 3. The summed E-state index contributed by atoms with van der Waals surface area (Å²) in [6.45, 7) is 1.42. The molecule has 0 amide bonds. The highest BCUT2D eigenvalue weighted by Crippen LogP contribution is 2.22. The Morgan fingerprint density at radius 1 is 1.35 bits per heavy atom. The Balaban J connectivity index is 2.56. The van der Waals surface area contributed by atoms with Gasteiger partial charge in [-0.3, -0.25) is 5.10 Å². The molecule has 0 aliphatic heterocycles. The molecule has 0 unspecified atom stereocenters. The smallest absolute Gasteiger partial charge is 0.325 e. The summed E-state index contributed by atoms with van der Waals surface area (Å²) in [6, 6.07) is 0. The number of nitrogens with two attached hydrogens (primary N) is 1. The highest BCUT2D eigenvalue weighted by molar-refractivity contribution is 7.89. The number of aryl methyl sites for hydroxylation is 1. The first-order chi connectivity index (χ1) is 9.17. The topological polar surface area (TPSA) is 101 Å². The molecule has 0 bridgehead atoms. The van der Waals surface area contributed by atoms with E-state index in [0.717, 1.165) is 0 Å². The number of rotatable bonds is 7. The molecular weight excluding hydrogens is 297 g/mol. The van der Waals surface area contributed by atoms with Crippen molar-refractivity contribution < 1.29 is 21.6 Å². The van der Waals surface area contributed by atoms with Crippen molar-refractivity contribution >= 4 is 10.0 Å². The molecule has 0 fully saturated rings. The fraction of sp³-hybridized carbons (Fsp3) is 0.700. The Hall–Kier alpha value is -1.13. The van der Waals surface area contributed by atoms with Crippen LogP contribution in [0.5, 0.6) is 0 Å². The third kappa shape index (κ3) is 4.76. The van der Waals surface area contributed by atoms with E-state index >= 15 is 0 Å². The molecule has 1 rings (SSSR count). The van der Waals surface area contributed by atoms with Gasteiger partial charge in [0.1, 0.15) is 4.90 Å². The van der Waals surface area contributed by atoms with E-state index in [4.69, 9.17) is 5.73 Å². The van der Waals surface area contributed by atoms with Gasteiger partial charge in [0.15, 0.2) is 0 Å². The van der Waals surface area contributed by atoms with Crippen LogP contribution in [0.2, 0.25) is 0 Å². The Kier molecular flexibility index (Phi) is 5.54. The van der Waals surface area contributed by atoms with Gasteiger partial charge in [0.2, 0.25) is 10.0 Å². The molecule has 0 aromatic carbocycles. The summed E-state index contributed by atoms with van der Waals surface area (Å²) in [5, 5.41) is 6.28. The number of H-pyrrole nitrogens is 1. The zero-order valence-corrected chi connectivity index (χ0v) is 11.7. The van der Waals surface area contributed by atoms with E-state index in [1.807, 2.05) is 0 Å². The van der Waals surface area contributed by atoms with Crippen LogP contribution in [-0.4, -0.2) is 31.3 Å². The number of sulfonamides is 1. The summed E-state index contributed by atoms with van der Waals surface area (Å²) >= 11 is 0. The van der Waals surface area contributed by atoms with Gasteiger partial charge in [-0.05, 0) is 19.8 Å². The lowest BCUT2D eigenvalue weighted by Crippen LogP contribution is -2.26. The van der Waals surface area contributed by atoms with Gasteiger partial charge in [-0.1, -0.05) is 0 Å². The third-order valence-corrected chi connectivity index (χ3v) is 4.27. The van der Waals surface area contributed by atoms with Crippen LogP contribution in [0.4, 0.5) is 13.2 Å². The molecule has 0 saturated carbocycles. The molecule has 6 nitrogen and oxygen atoms in total. The number of hydrogen-bond donors (Lipinski definition) is 3. The maximum Gasteiger partial charge on any atom is 0.389 e. The van der Waals surface area contributed by atoms with Crippen LogP contribution in [0.15, 0.2) is 4.90 Å². The van der Waals surface area contributed by atoms with Gasteiger partial charge < -0.3 is 5.73 Å². The summed E-state index contributed by atoms with van der Waals surface area (Å²) in [5.74, 6) is 0. The molecule has 1 aromatic rings. The predicted octanol–water partition coefficient (Wildman–Crippen LogP) is 1.19. The van der Waals surface area contributed by atoms with E-state index in [1.54, 1.807) is 0 Å². The minimum Gasteiger partial charge on any atom is -0.325 e. The lowest BCUT2D eigenvalue weighted by Gasteiger charge is -2.08. The number of nitrogens with one attached hydrogen (secondary N) is 2. The van der Waals surface area contributed by atoms with Gasteiger partial charge in [0, 0.05) is 19.5 Å². The van der Waals surface area contributed by atoms with Crippen molar-refractivity contribution in [2.24, 2.45) is 5.73 Å². The van der Waals surface area contributed by atoms with Crippen LogP contribution in [-0.2, 0) is 16.6 Å². The van der Waals surface area contributed by atoms with Crippen molar-refractivity contribution in [1.29, 1.82) is 0 Å². The van der Waals surface area contributed by atoms with Crippen LogP contribution < -0.4 is 10.5 Å². The average molecular weight is 314 g/mol. The largest absolute Gasteiger partial charge is 0.389 e. The molecule has 0 aliphatic carbocycles. The fourth-order valence-corrected chi connectivity index (χ4v) is 3.14. The molecular formula is C10H17F3N4O2S.